The largest absolute Gasteiger partial charge is 0.507 e. The van der Waals surface area contributed by atoms with Crippen LogP contribution in [0.3, 0.4) is 0 Å². The van der Waals surface area contributed by atoms with Gasteiger partial charge in [0.2, 0.25) is 0 Å². The number of nitrogens with zero attached hydrogens (tertiary/aromatic N) is 4. The number of esters is 4. The highest BCUT2D eigenvalue weighted by atomic mass is 16.5. The number of hydrogen-bond donors (Lipinski definition) is 1. The standard InChI is InChI=1S/C21H28N4O9/c1-14-6-15(8-22-24(10-17(26)31-2)11-18(27)32-3)21(30)16(7-14)9-23-25(12-19(28)33-4)13-20(29)34-5/h6-9,30H,10-13H2,1-5H3/b22-8-,23-9-. The lowest BCUT2D eigenvalue weighted by Gasteiger charge is -2.17. The van der Waals surface area contributed by atoms with Crippen molar-refractivity contribution in [2.45, 2.75) is 6.92 Å². The predicted molar refractivity (Wildman–Crippen MR) is 119 cm³/mol. The molecule has 1 aromatic rings. The Morgan fingerprint density at radius 3 is 1.29 bits per heavy atom. The van der Waals surface area contributed by atoms with Crippen molar-refractivity contribution in [2.24, 2.45) is 10.2 Å². The van der Waals surface area contributed by atoms with E-state index in [0.29, 0.717) is 0 Å². The van der Waals surface area contributed by atoms with Crippen LogP contribution in [0.2, 0.25) is 0 Å². The first-order chi connectivity index (χ1) is 16.1. The van der Waals surface area contributed by atoms with Crippen LogP contribution in [0, 0.1) is 6.92 Å². The highest BCUT2D eigenvalue weighted by molar-refractivity contribution is 5.92. The molecule has 34 heavy (non-hydrogen) atoms. The second-order valence-corrected chi connectivity index (χ2v) is 6.73. The number of rotatable bonds is 12. The lowest BCUT2D eigenvalue weighted by Crippen LogP contribution is -2.31. The van der Waals surface area contributed by atoms with E-state index < -0.39 is 23.9 Å². The number of ether oxygens (including phenoxy) is 4. The van der Waals surface area contributed by atoms with E-state index in [2.05, 4.69) is 29.2 Å². The molecule has 13 nitrogen and oxygen atoms in total. The number of benzene rings is 1. The minimum Gasteiger partial charge on any atom is -0.507 e. The lowest BCUT2D eigenvalue weighted by molar-refractivity contribution is -0.147. The Labute approximate surface area is 196 Å². The van der Waals surface area contributed by atoms with Crippen LogP contribution in [0.25, 0.3) is 0 Å². The molecule has 0 radical (unpaired) electrons. The third kappa shape index (κ3) is 9.54. The average Bonchev–Trinajstić information content (AvgIpc) is 2.82. The van der Waals surface area contributed by atoms with Crippen molar-refractivity contribution in [3.8, 4) is 5.75 Å². The number of aromatic hydroxyl groups is 1. The van der Waals surface area contributed by atoms with E-state index in [1.807, 2.05) is 0 Å². The zero-order valence-electron chi connectivity index (χ0n) is 19.6. The van der Waals surface area contributed by atoms with E-state index in [4.69, 9.17) is 0 Å². The van der Waals surface area contributed by atoms with Gasteiger partial charge >= 0.3 is 23.9 Å². The molecule has 0 saturated heterocycles. The van der Waals surface area contributed by atoms with Gasteiger partial charge in [-0.2, -0.15) is 10.2 Å². The highest BCUT2D eigenvalue weighted by Gasteiger charge is 2.15. The third-order valence-corrected chi connectivity index (χ3v) is 4.19. The molecule has 1 rings (SSSR count). The van der Waals surface area contributed by atoms with Crippen molar-refractivity contribution in [1.29, 1.82) is 0 Å². The number of phenols is 1. The maximum atomic E-state index is 11.6. The van der Waals surface area contributed by atoms with Crippen molar-refractivity contribution in [3.63, 3.8) is 0 Å². The van der Waals surface area contributed by atoms with Gasteiger partial charge in [0.1, 0.15) is 31.9 Å². The van der Waals surface area contributed by atoms with E-state index in [1.54, 1.807) is 19.1 Å². The van der Waals surface area contributed by atoms with Crippen molar-refractivity contribution in [1.82, 2.24) is 10.0 Å². The summed E-state index contributed by atoms with van der Waals surface area (Å²) in [6.07, 6.45) is 2.51. The summed E-state index contributed by atoms with van der Waals surface area (Å²) in [6.45, 7) is 0.478. The van der Waals surface area contributed by atoms with Crippen LogP contribution >= 0.6 is 0 Å². The summed E-state index contributed by atoms with van der Waals surface area (Å²) in [4.78, 5) is 46.4. The topological polar surface area (TPSA) is 157 Å². The van der Waals surface area contributed by atoms with Crippen LogP contribution in [0.4, 0.5) is 0 Å². The van der Waals surface area contributed by atoms with Crippen molar-refractivity contribution < 1.29 is 43.2 Å². The first-order valence-corrected chi connectivity index (χ1v) is 9.82. The molecule has 0 bridgehead atoms. The molecular formula is C21H28N4O9. The minimum absolute atomic E-state index is 0.217. The molecule has 0 saturated carbocycles. The van der Waals surface area contributed by atoms with Gasteiger partial charge in [-0.15, -0.1) is 0 Å². The first kappa shape index (κ1) is 27.9. The van der Waals surface area contributed by atoms with E-state index in [9.17, 15) is 24.3 Å². The maximum absolute atomic E-state index is 11.6. The fraction of sp³-hybridized carbons (Fsp3) is 0.429. The number of carbonyl (C=O) groups is 4. The van der Waals surface area contributed by atoms with Gasteiger partial charge in [-0.1, -0.05) is 0 Å². The fourth-order valence-corrected chi connectivity index (χ4v) is 2.45. The van der Waals surface area contributed by atoms with Gasteiger partial charge in [-0.3, -0.25) is 29.2 Å². The zero-order valence-corrected chi connectivity index (χ0v) is 19.6. The quantitative estimate of drug-likeness (QED) is 0.181. The van der Waals surface area contributed by atoms with Gasteiger partial charge < -0.3 is 24.1 Å². The van der Waals surface area contributed by atoms with Crippen LogP contribution in [0.1, 0.15) is 16.7 Å². The number of carbonyl (C=O) groups excluding carboxylic acids is 4. The molecular weight excluding hydrogens is 452 g/mol. The smallest absolute Gasteiger partial charge is 0.327 e. The highest BCUT2D eigenvalue weighted by Crippen LogP contribution is 2.22. The number of methoxy groups -OCH3 is 4. The molecule has 0 fully saturated rings. The van der Waals surface area contributed by atoms with Crippen LogP contribution in [0.5, 0.6) is 5.75 Å². The molecule has 0 spiro atoms. The number of hydrogen-bond acceptors (Lipinski definition) is 13. The fourth-order valence-electron chi connectivity index (χ4n) is 2.45. The second kappa shape index (κ2) is 14.1. The van der Waals surface area contributed by atoms with E-state index in [0.717, 1.165) is 15.6 Å². The zero-order chi connectivity index (χ0) is 25.7. The predicted octanol–water partition coefficient (Wildman–Crippen LogP) is -0.336. The van der Waals surface area contributed by atoms with Crippen molar-refractivity contribution >= 4 is 36.3 Å². The Kier molecular flexibility index (Phi) is 11.5. The molecule has 1 N–H and O–H groups in total. The Morgan fingerprint density at radius 1 is 0.735 bits per heavy atom. The van der Waals surface area contributed by atoms with Gasteiger partial charge in [0, 0.05) is 11.1 Å². The Hall–Kier alpha value is -4.16. The molecule has 0 aliphatic rings. The second-order valence-electron chi connectivity index (χ2n) is 6.73. The van der Waals surface area contributed by atoms with Crippen LogP contribution in [-0.4, -0.2) is 106 Å². The van der Waals surface area contributed by atoms with Gasteiger partial charge in [0.15, 0.2) is 0 Å². The summed E-state index contributed by atoms with van der Waals surface area (Å²) in [7, 11) is 4.79. The van der Waals surface area contributed by atoms with E-state index >= 15 is 0 Å². The summed E-state index contributed by atoms with van der Waals surface area (Å²) in [5, 5.41) is 21.0. The molecule has 13 heteroatoms. The summed E-state index contributed by atoms with van der Waals surface area (Å²) >= 11 is 0. The summed E-state index contributed by atoms with van der Waals surface area (Å²) in [5.74, 6) is -2.72. The molecule has 0 aromatic heterocycles. The summed E-state index contributed by atoms with van der Waals surface area (Å²) in [6, 6.07) is 3.23. The van der Waals surface area contributed by atoms with Gasteiger partial charge in [-0.25, -0.2) is 0 Å². The molecule has 0 aliphatic carbocycles. The third-order valence-electron chi connectivity index (χ3n) is 4.19. The summed E-state index contributed by atoms with van der Waals surface area (Å²) in [5.41, 5.74) is 1.24. The number of phenolic OH excluding ortho intramolecular Hbond substituents is 1. The monoisotopic (exact) mass is 480 g/mol. The molecule has 0 amide bonds. The minimum atomic E-state index is -0.626. The van der Waals surface area contributed by atoms with E-state index in [1.165, 1.54) is 40.9 Å². The Bertz CT molecular complexity index is 839. The first-order valence-electron chi connectivity index (χ1n) is 9.82. The molecule has 186 valence electrons. The van der Waals surface area contributed by atoms with Crippen LogP contribution in [-0.2, 0) is 38.1 Å². The van der Waals surface area contributed by atoms with Gasteiger partial charge in [0.05, 0.1) is 40.9 Å². The maximum Gasteiger partial charge on any atom is 0.327 e. The Morgan fingerprint density at radius 2 is 1.03 bits per heavy atom. The van der Waals surface area contributed by atoms with Crippen LogP contribution < -0.4 is 0 Å². The number of hydrazone groups is 2. The molecule has 0 atom stereocenters. The molecule has 1 aromatic carbocycles. The van der Waals surface area contributed by atoms with E-state index in [-0.39, 0.29) is 43.1 Å². The van der Waals surface area contributed by atoms with Crippen molar-refractivity contribution in [3.05, 3.63) is 28.8 Å². The molecule has 0 heterocycles. The van der Waals surface area contributed by atoms with Crippen LogP contribution in [0.15, 0.2) is 22.3 Å². The normalized spacial score (nSPS) is 10.7. The van der Waals surface area contributed by atoms with Gasteiger partial charge in [-0.05, 0) is 24.6 Å². The number of aryl methyl sites for hydroxylation is 1. The summed E-state index contributed by atoms with van der Waals surface area (Å²) < 4.78 is 18.4. The molecule has 0 unspecified atom stereocenters. The SMILES string of the molecule is COC(=O)CN(CC(=O)OC)/N=C\c1cc(C)cc(/C=N\N(CC(=O)OC)CC(=O)OC)c1O. The van der Waals surface area contributed by atoms with Gasteiger partial charge in [0.25, 0.3) is 0 Å². The average molecular weight is 480 g/mol. The molecule has 0 aliphatic heterocycles. The Balaban J connectivity index is 3.21. The lowest BCUT2D eigenvalue weighted by atomic mass is 10.1. The van der Waals surface area contributed by atoms with Crippen molar-refractivity contribution in [2.75, 3.05) is 54.6 Å².